The van der Waals surface area contributed by atoms with E-state index in [0.29, 0.717) is 0 Å². The van der Waals surface area contributed by atoms with E-state index in [9.17, 15) is 0 Å². The number of aromatic nitrogens is 1. The number of pyridine rings is 1. The maximum Gasteiger partial charge on any atom is 0.128 e. The molecule has 0 saturated carbocycles. The Morgan fingerprint density at radius 2 is 1.87 bits per heavy atom. The van der Waals surface area contributed by atoms with Crippen molar-refractivity contribution in [3.05, 3.63) is 22.3 Å². The second-order valence-corrected chi connectivity index (χ2v) is 4.82. The molecule has 1 aromatic heterocycles. The Labute approximate surface area is 100 Å². The van der Waals surface area contributed by atoms with Crippen LogP contribution in [0.3, 0.4) is 0 Å². The van der Waals surface area contributed by atoms with E-state index < -0.39 is 0 Å². The van der Waals surface area contributed by atoms with Crippen molar-refractivity contribution in [1.82, 2.24) is 9.88 Å². The van der Waals surface area contributed by atoms with Crippen LogP contribution in [-0.2, 0) is 0 Å². The fraction of sp³-hybridized carbons (Fsp3) is 0.545. The molecule has 3 nitrogen and oxygen atoms in total. The second-order valence-electron chi connectivity index (χ2n) is 3.96. The van der Waals surface area contributed by atoms with Crippen LogP contribution in [0.15, 0.2) is 16.6 Å². The van der Waals surface area contributed by atoms with Crippen LogP contribution in [0.2, 0.25) is 0 Å². The van der Waals surface area contributed by atoms with Crippen LogP contribution in [-0.4, -0.2) is 44.1 Å². The molecule has 0 unspecified atom stereocenters. The molecule has 0 spiro atoms. The first-order chi connectivity index (χ1) is 7.00. The van der Waals surface area contributed by atoms with E-state index in [1.165, 1.54) is 0 Å². The van der Waals surface area contributed by atoms with Gasteiger partial charge in [-0.1, -0.05) is 0 Å². The Hall–Kier alpha value is -0.610. The van der Waals surface area contributed by atoms with E-state index >= 15 is 0 Å². The molecule has 1 aromatic rings. The third-order valence-corrected chi connectivity index (χ3v) is 3.12. The zero-order chi connectivity index (χ0) is 11.4. The molecular weight excluding hydrogens is 254 g/mol. The van der Waals surface area contributed by atoms with Crippen molar-refractivity contribution in [3.8, 4) is 0 Å². The van der Waals surface area contributed by atoms with Crippen molar-refractivity contribution in [2.75, 3.05) is 39.1 Å². The molecule has 0 fully saturated rings. The summed E-state index contributed by atoms with van der Waals surface area (Å²) in [5, 5.41) is 0. The van der Waals surface area contributed by atoms with Gasteiger partial charge < -0.3 is 9.80 Å². The summed E-state index contributed by atoms with van der Waals surface area (Å²) in [5.74, 6) is 1.03. The molecule has 0 N–H and O–H groups in total. The molecule has 0 saturated heterocycles. The highest BCUT2D eigenvalue weighted by molar-refractivity contribution is 9.10. The smallest absolute Gasteiger partial charge is 0.128 e. The third kappa shape index (κ3) is 3.80. The molecule has 0 aliphatic heterocycles. The first kappa shape index (κ1) is 12.5. The second kappa shape index (κ2) is 5.47. The number of aryl methyl sites for hydroxylation is 1. The van der Waals surface area contributed by atoms with E-state index in [1.54, 1.807) is 0 Å². The number of anilines is 1. The van der Waals surface area contributed by atoms with Crippen molar-refractivity contribution >= 4 is 21.7 Å². The normalized spacial score (nSPS) is 10.8. The lowest BCUT2D eigenvalue weighted by molar-refractivity contribution is 0.416. The number of rotatable bonds is 4. The molecule has 0 amide bonds. The molecular formula is C11H18BrN3. The topological polar surface area (TPSA) is 19.4 Å². The van der Waals surface area contributed by atoms with Gasteiger partial charge >= 0.3 is 0 Å². The average molecular weight is 272 g/mol. The summed E-state index contributed by atoms with van der Waals surface area (Å²) in [6.45, 7) is 4.03. The molecule has 0 aliphatic rings. The van der Waals surface area contributed by atoms with Gasteiger partial charge in [-0.3, -0.25) is 0 Å². The summed E-state index contributed by atoms with van der Waals surface area (Å²) in [6, 6.07) is 4.08. The maximum absolute atomic E-state index is 4.51. The van der Waals surface area contributed by atoms with Crippen molar-refractivity contribution in [2.24, 2.45) is 0 Å². The van der Waals surface area contributed by atoms with E-state index in [1.807, 2.05) is 19.1 Å². The zero-order valence-corrected chi connectivity index (χ0v) is 11.4. The predicted octanol–water partition coefficient (Wildman–Crippen LogP) is 2.15. The molecule has 0 radical (unpaired) electrons. The Balaban J connectivity index is 2.65. The Morgan fingerprint density at radius 1 is 1.20 bits per heavy atom. The SMILES string of the molecule is Cc1nc(N(C)CCN(C)C)ccc1Br. The van der Waals surface area contributed by atoms with Crippen LogP contribution in [0.5, 0.6) is 0 Å². The summed E-state index contributed by atoms with van der Waals surface area (Å²) >= 11 is 3.45. The summed E-state index contributed by atoms with van der Waals surface area (Å²) in [4.78, 5) is 8.85. The lowest BCUT2D eigenvalue weighted by atomic mass is 10.3. The first-order valence-electron chi connectivity index (χ1n) is 4.99. The van der Waals surface area contributed by atoms with Gasteiger partial charge in [-0.2, -0.15) is 0 Å². The Morgan fingerprint density at radius 3 is 2.40 bits per heavy atom. The molecule has 4 heteroatoms. The van der Waals surface area contributed by atoms with Gasteiger partial charge in [-0.25, -0.2) is 4.98 Å². The van der Waals surface area contributed by atoms with Crippen LogP contribution >= 0.6 is 15.9 Å². The van der Waals surface area contributed by atoms with Gasteiger partial charge in [-0.15, -0.1) is 0 Å². The fourth-order valence-electron chi connectivity index (χ4n) is 1.21. The average Bonchev–Trinajstić information content (AvgIpc) is 2.18. The maximum atomic E-state index is 4.51. The molecule has 0 aromatic carbocycles. The van der Waals surface area contributed by atoms with Crippen LogP contribution in [0, 0.1) is 6.92 Å². The minimum Gasteiger partial charge on any atom is -0.358 e. The largest absolute Gasteiger partial charge is 0.358 e. The molecule has 84 valence electrons. The summed E-state index contributed by atoms with van der Waals surface area (Å²) in [6.07, 6.45) is 0. The van der Waals surface area contributed by atoms with Gasteiger partial charge in [0.15, 0.2) is 0 Å². The van der Waals surface area contributed by atoms with Gasteiger partial charge in [0.05, 0.1) is 5.69 Å². The van der Waals surface area contributed by atoms with Crippen LogP contribution in [0.1, 0.15) is 5.69 Å². The number of hydrogen-bond acceptors (Lipinski definition) is 3. The van der Waals surface area contributed by atoms with Crippen LogP contribution in [0.25, 0.3) is 0 Å². The van der Waals surface area contributed by atoms with Gasteiger partial charge in [0, 0.05) is 24.6 Å². The predicted molar refractivity (Wildman–Crippen MR) is 68.5 cm³/mol. The minimum absolute atomic E-state index is 0.987. The number of hydrogen-bond donors (Lipinski definition) is 0. The number of nitrogens with zero attached hydrogens (tertiary/aromatic N) is 3. The standard InChI is InChI=1S/C11H18BrN3/c1-9-10(12)5-6-11(13-9)15(4)8-7-14(2)3/h5-6H,7-8H2,1-4H3. The van der Waals surface area contributed by atoms with Crippen LogP contribution in [0.4, 0.5) is 5.82 Å². The molecule has 1 rings (SSSR count). The lowest BCUT2D eigenvalue weighted by Crippen LogP contribution is -2.29. The summed E-state index contributed by atoms with van der Waals surface area (Å²) in [7, 11) is 6.22. The molecule has 1 heterocycles. The molecule has 0 aliphatic carbocycles. The van der Waals surface area contributed by atoms with E-state index in [2.05, 4.69) is 51.9 Å². The minimum atomic E-state index is 0.987. The Bertz CT molecular complexity index is 326. The fourth-order valence-corrected chi connectivity index (χ4v) is 1.43. The van der Waals surface area contributed by atoms with Gasteiger partial charge in [0.25, 0.3) is 0 Å². The quantitative estimate of drug-likeness (QED) is 0.837. The third-order valence-electron chi connectivity index (χ3n) is 2.28. The van der Waals surface area contributed by atoms with E-state index in [0.717, 1.165) is 29.1 Å². The zero-order valence-electron chi connectivity index (χ0n) is 9.79. The van der Waals surface area contributed by atoms with Crippen molar-refractivity contribution in [2.45, 2.75) is 6.92 Å². The number of halogens is 1. The van der Waals surface area contributed by atoms with Crippen molar-refractivity contribution in [1.29, 1.82) is 0 Å². The van der Waals surface area contributed by atoms with Gasteiger partial charge in [0.1, 0.15) is 5.82 Å². The molecule has 0 atom stereocenters. The van der Waals surface area contributed by atoms with Crippen molar-refractivity contribution in [3.63, 3.8) is 0 Å². The summed E-state index contributed by atoms with van der Waals surface area (Å²) < 4.78 is 1.06. The van der Waals surface area contributed by atoms with Crippen LogP contribution < -0.4 is 4.90 Å². The van der Waals surface area contributed by atoms with Gasteiger partial charge in [-0.05, 0) is 49.1 Å². The highest BCUT2D eigenvalue weighted by atomic mass is 79.9. The van der Waals surface area contributed by atoms with E-state index in [-0.39, 0.29) is 0 Å². The highest BCUT2D eigenvalue weighted by Gasteiger charge is 2.04. The van der Waals surface area contributed by atoms with Gasteiger partial charge in [0.2, 0.25) is 0 Å². The monoisotopic (exact) mass is 271 g/mol. The highest BCUT2D eigenvalue weighted by Crippen LogP contribution is 2.17. The van der Waals surface area contributed by atoms with Crippen molar-refractivity contribution < 1.29 is 0 Å². The number of likely N-dealkylation sites (N-methyl/N-ethyl adjacent to an activating group) is 2. The Kier molecular flexibility index (Phi) is 4.54. The van der Waals surface area contributed by atoms with E-state index in [4.69, 9.17) is 0 Å². The lowest BCUT2D eigenvalue weighted by Gasteiger charge is -2.21. The summed E-state index contributed by atoms with van der Waals surface area (Å²) in [5.41, 5.74) is 1.03. The first-order valence-corrected chi connectivity index (χ1v) is 5.79. The molecule has 0 bridgehead atoms. The molecule has 15 heavy (non-hydrogen) atoms.